The Kier molecular flexibility index (Phi) is 6.81. The Morgan fingerprint density at radius 3 is 2.53 bits per heavy atom. The lowest BCUT2D eigenvalue weighted by molar-refractivity contribution is -0.384. The number of rotatable bonds is 7. The van der Waals surface area contributed by atoms with Gasteiger partial charge in [-0.2, -0.15) is 0 Å². The van der Waals surface area contributed by atoms with Crippen LogP contribution >= 0.6 is 11.8 Å². The number of nitro benzene ring substituents is 1. The molecule has 0 bridgehead atoms. The zero-order chi connectivity index (χ0) is 22.5. The molecule has 3 aromatic rings. The van der Waals surface area contributed by atoms with Crippen molar-refractivity contribution in [2.75, 3.05) is 26.3 Å². The van der Waals surface area contributed by atoms with Gasteiger partial charge in [-0.3, -0.25) is 14.9 Å². The number of carbonyl (C=O) groups excluding carboxylic acids is 1. The average molecular weight is 454 g/mol. The Bertz CT molecular complexity index is 1110. The minimum atomic E-state index is -0.425. The van der Waals surface area contributed by atoms with Crippen molar-refractivity contribution in [3.05, 3.63) is 69.8 Å². The molecule has 0 atom stereocenters. The van der Waals surface area contributed by atoms with Crippen molar-refractivity contribution >= 4 is 23.4 Å². The van der Waals surface area contributed by atoms with Crippen LogP contribution in [0.1, 0.15) is 22.8 Å². The molecule has 10 heteroatoms. The van der Waals surface area contributed by atoms with E-state index in [4.69, 9.17) is 4.74 Å². The van der Waals surface area contributed by atoms with Crippen molar-refractivity contribution in [1.82, 2.24) is 19.7 Å². The summed E-state index contributed by atoms with van der Waals surface area (Å²) in [6.45, 7) is 4.97. The van der Waals surface area contributed by atoms with Crippen molar-refractivity contribution < 1.29 is 14.5 Å². The molecule has 2 aromatic carbocycles. The van der Waals surface area contributed by atoms with E-state index >= 15 is 0 Å². The van der Waals surface area contributed by atoms with Crippen LogP contribution in [-0.2, 0) is 17.0 Å². The largest absolute Gasteiger partial charge is 0.378 e. The predicted molar refractivity (Wildman–Crippen MR) is 121 cm³/mol. The zero-order valence-corrected chi connectivity index (χ0v) is 18.5. The number of hydrogen-bond donors (Lipinski definition) is 0. The second-order valence-corrected chi connectivity index (χ2v) is 8.15. The smallest absolute Gasteiger partial charge is 0.269 e. The van der Waals surface area contributed by atoms with E-state index in [1.54, 1.807) is 12.1 Å². The molecule has 1 aliphatic rings. The van der Waals surface area contributed by atoms with Crippen molar-refractivity contribution in [3.63, 3.8) is 0 Å². The third-order valence-corrected chi connectivity index (χ3v) is 6.29. The highest BCUT2D eigenvalue weighted by molar-refractivity contribution is 7.98. The molecule has 166 valence electrons. The van der Waals surface area contributed by atoms with E-state index in [0.717, 1.165) is 16.3 Å². The molecular formula is C22H23N5O4S. The summed E-state index contributed by atoms with van der Waals surface area (Å²) in [4.78, 5) is 25.3. The van der Waals surface area contributed by atoms with Gasteiger partial charge in [-0.25, -0.2) is 0 Å². The summed E-state index contributed by atoms with van der Waals surface area (Å²) in [5.41, 5.74) is 2.43. The van der Waals surface area contributed by atoms with Crippen LogP contribution in [0, 0.1) is 10.1 Å². The summed E-state index contributed by atoms with van der Waals surface area (Å²) < 4.78 is 7.33. The van der Waals surface area contributed by atoms with Gasteiger partial charge < -0.3 is 14.2 Å². The molecule has 0 aliphatic carbocycles. The first-order valence-corrected chi connectivity index (χ1v) is 11.3. The van der Waals surface area contributed by atoms with Gasteiger partial charge in [0.1, 0.15) is 0 Å². The summed E-state index contributed by atoms with van der Waals surface area (Å²) in [6, 6.07) is 13.9. The average Bonchev–Trinajstić information content (AvgIpc) is 3.26. The predicted octanol–water partition coefficient (Wildman–Crippen LogP) is 3.64. The van der Waals surface area contributed by atoms with Gasteiger partial charge in [0.15, 0.2) is 11.0 Å². The normalized spacial score (nSPS) is 13.8. The second kappa shape index (κ2) is 9.92. The van der Waals surface area contributed by atoms with Crippen molar-refractivity contribution in [2.45, 2.75) is 24.4 Å². The molecule has 32 heavy (non-hydrogen) atoms. The van der Waals surface area contributed by atoms with Crippen molar-refractivity contribution in [1.29, 1.82) is 0 Å². The number of hydrogen-bond acceptors (Lipinski definition) is 7. The topological polar surface area (TPSA) is 103 Å². The Balaban J connectivity index is 1.52. The van der Waals surface area contributed by atoms with Crippen LogP contribution in [0.4, 0.5) is 5.69 Å². The van der Waals surface area contributed by atoms with E-state index in [-0.39, 0.29) is 11.6 Å². The minimum Gasteiger partial charge on any atom is -0.378 e. The van der Waals surface area contributed by atoms with Crippen LogP contribution in [0.15, 0.2) is 53.7 Å². The van der Waals surface area contributed by atoms with E-state index in [9.17, 15) is 14.9 Å². The number of nitro groups is 1. The van der Waals surface area contributed by atoms with Crippen LogP contribution in [0.5, 0.6) is 0 Å². The molecule has 9 nitrogen and oxygen atoms in total. The number of thioether (sulfide) groups is 1. The maximum Gasteiger partial charge on any atom is 0.269 e. The number of carbonyl (C=O) groups is 1. The van der Waals surface area contributed by atoms with Crippen molar-refractivity contribution in [3.8, 4) is 11.4 Å². The number of aromatic nitrogens is 3. The summed E-state index contributed by atoms with van der Waals surface area (Å²) in [6.07, 6.45) is 0. The minimum absolute atomic E-state index is 0.0213. The van der Waals surface area contributed by atoms with Gasteiger partial charge in [0, 0.05) is 48.6 Å². The number of morpholine rings is 1. The number of nitrogens with zero attached hydrogens (tertiary/aromatic N) is 5. The quantitative estimate of drug-likeness (QED) is 0.306. The maximum absolute atomic E-state index is 13.0. The monoisotopic (exact) mass is 453 g/mol. The summed E-state index contributed by atoms with van der Waals surface area (Å²) in [5, 5.41) is 20.3. The van der Waals surface area contributed by atoms with Crippen LogP contribution in [0.25, 0.3) is 11.4 Å². The fourth-order valence-corrected chi connectivity index (χ4v) is 4.57. The van der Waals surface area contributed by atoms with Crippen LogP contribution in [0.2, 0.25) is 0 Å². The molecule has 2 heterocycles. The zero-order valence-electron chi connectivity index (χ0n) is 17.6. The summed E-state index contributed by atoms with van der Waals surface area (Å²) in [5.74, 6) is 1.25. The molecule has 1 aromatic heterocycles. The third-order valence-electron chi connectivity index (χ3n) is 5.27. The number of benzene rings is 2. The molecular weight excluding hydrogens is 430 g/mol. The Morgan fingerprint density at radius 2 is 1.84 bits per heavy atom. The molecule has 0 unspecified atom stereocenters. The highest BCUT2D eigenvalue weighted by atomic mass is 32.2. The van der Waals surface area contributed by atoms with Gasteiger partial charge in [0.25, 0.3) is 11.6 Å². The number of non-ortho nitro benzene ring substituents is 1. The van der Waals surface area contributed by atoms with E-state index in [2.05, 4.69) is 10.2 Å². The van der Waals surface area contributed by atoms with Gasteiger partial charge in [0.05, 0.1) is 18.1 Å². The highest BCUT2D eigenvalue weighted by Crippen LogP contribution is 2.28. The van der Waals surface area contributed by atoms with Crippen LogP contribution in [-0.4, -0.2) is 56.8 Å². The fourth-order valence-electron chi connectivity index (χ4n) is 3.56. The molecule has 1 amide bonds. The lowest BCUT2D eigenvalue weighted by Gasteiger charge is -2.27. The van der Waals surface area contributed by atoms with E-state index in [1.807, 2.05) is 40.7 Å². The Morgan fingerprint density at radius 1 is 1.12 bits per heavy atom. The lowest BCUT2D eigenvalue weighted by Crippen LogP contribution is -2.41. The third kappa shape index (κ3) is 4.66. The van der Waals surface area contributed by atoms with E-state index in [1.165, 1.54) is 23.9 Å². The SMILES string of the molecule is CCn1c(SCc2ccccc2C(=O)N2CCOCC2)nnc1-c1ccc([N+](=O)[O-])cc1. The molecule has 1 aliphatic heterocycles. The lowest BCUT2D eigenvalue weighted by atomic mass is 10.1. The van der Waals surface area contributed by atoms with Gasteiger partial charge in [0.2, 0.25) is 0 Å². The van der Waals surface area contributed by atoms with Crippen LogP contribution in [0.3, 0.4) is 0 Å². The molecule has 0 radical (unpaired) electrons. The molecule has 1 saturated heterocycles. The van der Waals surface area contributed by atoms with Crippen molar-refractivity contribution in [2.24, 2.45) is 0 Å². The molecule has 0 saturated carbocycles. The molecule has 0 N–H and O–H groups in total. The van der Waals surface area contributed by atoms with E-state index < -0.39 is 4.92 Å². The van der Waals surface area contributed by atoms with Gasteiger partial charge in [-0.05, 0) is 30.7 Å². The Labute approximate surface area is 189 Å². The first kappa shape index (κ1) is 22.0. The second-order valence-electron chi connectivity index (χ2n) is 7.20. The highest BCUT2D eigenvalue weighted by Gasteiger charge is 2.21. The van der Waals surface area contributed by atoms with Gasteiger partial charge in [-0.1, -0.05) is 30.0 Å². The molecule has 1 fully saturated rings. The fraction of sp³-hybridized carbons (Fsp3) is 0.318. The molecule has 4 rings (SSSR count). The van der Waals surface area contributed by atoms with Crippen LogP contribution < -0.4 is 0 Å². The van der Waals surface area contributed by atoms with E-state index in [0.29, 0.717) is 50.0 Å². The van der Waals surface area contributed by atoms with Gasteiger partial charge >= 0.3 is 0 Å². The summed E-state index contributed by atoms with van der Waals surface area (Å²) >= 11 is 1.51. The molecule has 0 spiro atoms. The number of ether oxygens (including phenoxy) is 1. The maximum atomic E-state index is 13.0. The number of amides is 1. The Hall–Kier alpha value is -3.24. The first-order chi connectivity index (χ1) is 15.6. The first-order valence-electron chi connectivity index (χ1n) is 10.3. The standard InChI is InChI=1S/C22H23N5O4S/c1-2-26-20(16-7-9-18(10-8-16)27(29)30)23-24-22(26)32-15-17-5-3-4-6-19(17)21(28)25-11-13-31-14-12-25/h3-10H,2,11-15H2,1H3. The van der Waals surface area contributed by atoms with Gasteiger partial charge in [-0.15, -0.1) is 10.2 Å². The summed E-state index contributed by atoms with van der Waals surface area (Å²) in [7, 11) is 0.